The van der Waals surface area contributed by atoms with Gasteiger partial charge in [-0.3, -0.25) is 9.59 Å². The molecule has 0 saturated carbocycles. The highest BCUT2D eigenvalue weighted by molar-refractivity contribution is 6.02. The number of carbonyl (C=O) groups is 2. The number of rotatable bonds is 11. The molecule has 0 spiro atoms. The van der Waals surface area contributed by atoms with Gasteiger partial charge in [0.15, 0.2) is 5.76 Å². The summed E-state index contributed by atoms with van der Waals surface area (Å²) in [5.74, 6) is -0.0423. The first kappa shape index (κ1) is 21.3. The summed E-state index contributed by atoms with van der Waals surface area (Å²) in [4.78, 5) is 23.9. The lowest BCUT2D eigenvalue weighted by molar-refractivity contribution is -0.121. The normalized spacial score (nSPS) is 10.5. The predicted octanol–water partition coefficient (Wildman–Crippen LogP) is 4.19. The number of nitrogens with one attached hydrogen (secondary N) is 2. The number of furan rings is 1. The van der Waals surface area contributed by atoms with Crippen LogP contribution in [0.15, 0.2) is 77.4 Å². The Morgan fingerprint density at radius 1 is 0.867 bits per heavy atom. The van der Waals surface area contributed by atoms with Crippen LogP contribution in [0.2, 0.25) is 0 Å². The van der Waals surface area contributed by atoms with E-state index >= 15 is 0 Å². The Balaban J connectivity index is 1.27. The molecule has 0 aliphatic carbocycles. The molecular formula is C24H26N2O4. The van der Waals surface area contributed by atoms with Gasteiger partial charge >= 0.3 is 0 Å². The molecule has 0 atom stereocenters. The van der Waals surface area contributed by atoms with Crippen LogP contribution in [0.3, 0.4) is 0 Å². The lowest BCUT2D eigenvalue weighted by Gasteiger charge is -2.08. The summed E-state index contributed by atoms with van der Waals surface area (Å²) in [7, 11) is 0. The van der Waals surface area contributed by atoms with E-state index in [4.69, 9.17) is 9.15 Å². The van der Waals surface area contributed by atoms with E-state index in [0.29, 0.717) is 38.3 Å². The second-order valence-corrected chi connectivity index (χ2v) is 6.86. The van der Waals surface area contributed by atoms with Crippen molar-refractivity contribution in [3.8, 4) is 0 Å². The Kier molecular flexibility index (Phi) is 8.23. The van der Waals surface area contributed by atoms with Crippen LogP contribution in [0.5, 0.6) is 0 Å². The molecule has 1 heterocycles. The Labute approximate surface area is 176 Å². The average Bonchev–Trinajstić information content (AvgIpc) is 3.31. The van der Waals surface area contributed by atoms with Crippen molar-refractivity contribution in [3.05, 3.63) is 89.9 Å². The van der Waals surface area contributed by atoms with Crippen molar-refractivity contribution in [2.45, 2.75) is 25.8 Å². The van der Waals surface area contributed by atoms with Gasteiger partial charge in [-0.15, -0.1) is 0 Å². The molecule has 3 aromatic rings. The molecule has 0 radical (unpaired) electrons. The van der Waals surface area contributed by atoms with Crippen LogP contribution < -0.4 is 10.6 Å². The molecule has 0 aliphatic rings. The van der Waals surface area contributed by atoms with Crippen molar-refractivity contribution < 1.29 is 18.7 Å². The molecule has 2 amide bonds. The first-order valence-electron chi connectivity index (χ1n) is 10.0. The maximum absolute atomic E-state index is 12.0. The van der Waals surface area contributed by atoms with Crippen LogP contribution >= 0.6 is 0 Å². The van der Waals surface area contributed by atoms with Gasteiger partial charge in [-0.25, -0.2) is 0 Å². The lowest BCUT2D eigenvalue weighted by atomic mass is 10.2. The van der Waals surface area contributed by atoms with E-state index in [1.54, 1.807) is 24.3 Å². The molecular weight excluding hydrogens is 380 g/mol. The summed E-state index contributed by atoms with van der Waals surface area (Å²) in [5.41, 5.74) is 2.87. The Hall–Kier alpha value is -3.38. The molecule has 6 nitrogen and oxygen atoms in total. The summed E-state index contributed by atoms with van der Waals surface area (Å²) >= 11 is 0. The molecule has 6 heteroatoms. The quantitative estimate of drug-likeness (QED) is 0.468. The first-order chi connectivity index (χ1) is 14.7. The molecule has 3 rings (SSSR count). The van der Waals surface area contributed by atoms with E-state index in [0.717, 1.165) is 12.0 Å². The van der Waals surface area contributed by atoms with Crippen LogP contribution in [-0.2, 0) is 22.5 Å². The van der Waals surface area contributed by atoms with Crippen molar-refractivity contribution in [1.82, 2.24) is 5.32 Å². The fourth-order valence-corrected chi connectivity index (χ4v) is 2.87. The smallest absolute Gasteiger partial charge is 0.291 e. The minimum atomic E-state index is -0.299. The molecule has 0 fully saturated rings. The van der Waals surface area contributed by atoms with E-state index in [9.17, 15) is 9.59 Å². The highest BCUT2D eigenvalue weighted by Crippen LogP contribution is 2.12. The molecule has 30 heavy (non-hydrogen) atoms. The van der Waals surface area contributed by atoms with Crippen molar-refractivity contribution in [1.29, 1.82) is 0 Å². The van der Waals surface area contributed by atoms with E-state index in [-0.39, 0.29) is 17.6 Å². The zero-order chi connectivity index (χ0) is 21.0. The molecule has 0 saturated heterocycles. The minimum absolute atomic E-state index is 0.00291. The summed E-state index contributed by atoms with van der Waals surface area (Å²) < 4.78 is 10.7. The standard InChI is InChI=1S/C24H26N2O4/c27-23(9-5-15-29-17-14-19-6-2-1-3-7-19)25-18-20-10-12-21(13-11-20)26-24(28)22-8-4-16-30-22/h1-4,6-8,10-13,16H,5,9,14-15,17-18H2,(H,25,27)(H,26,28). The number of hydrogen-bond donors (Lipinski definition) is 2. The van der Waals surface area contributed by atoms with Crippen molar-refractivity contribution >= 4 is 17.5 Å². The van der Waals surface area contributed by atoms with Gasteiger partial charge in [0.25, 0.3) is 5.91 Å². The predicted molar refractivity (Wildman–Crippen MR) is 115 cm³/mol. The topological polar surface area (TPSA) is 80.6 Å². The summed E-state index contributed by atoms with van der Waals surface area (Å²) in [6, 6.07) is 20.8. The fraction of sp³-hybridized carbons (Fsp3) is 0.250. The van der Waals surface area contributed by atoms with Crippen molar-refractivity contribution in [3.63, 3.8) is 0 Å². The van der Waals surface area contributed by atoms with Gasteiger partial charge in [0, 0.05) is 25.3 Å². The average molecular weight is 406 g/mol. The maximum Gasteiger partial charge on any atom is 0.291 e. The molecule has 2 aromatic carbocycles. The zero-order valence-electron chi connectivity index (χ0n) is 16.8. The van der Waals surface area contributed by atoms with E-state index in [2.05, 4.69) is 22.8 Å². The highest BCUT2D eigenvalue weighted by atomic mass is 16.5. The number of amides is 2. The fourth-order valence-electron chi connectivity index (χ4n) is 2.87. The second kappa shape index (κ2) is 11.6. The Bertz CT molecular complexity index is 906. The van der Waals surface area contributed by atoms with E-state index in [1.807, 2.05) is 30.3 Å². The second-order valence-electron chi connectivity index (χ2n) is 6.86. The van der Waals surface area contributed by atoms with Gasteiger partial charge in [-0.1, -0.05) is 42.5 Å². The molecule has 0 unspecified atom stereocenters. The number of hydrogen-bond acceptors (Lipinski definition) is 4. The molecule has 2 N–H and O–H groups in total. The SMILES string of the molecule is O=C(CCCOCCc1ccccc1)NCc1ccc(NC(=O)c2ccco2)cc1. The van der Waals surface area contributed by atoms with Crippen LogP contribution in [-0.4, -0.2) is 25.0 Å². The van der Waals surface area contributed by atoms with Crippen LogP contribution in [0.1, 0.15) is 34.5 Å². The van der Waals surface area contributed by atoms with Crippen molar-refractivity contribution in [2.75, 3.05) is 18.5 Å². The van der Waals surface area contributed by atoms with Gasteiger partial charge in [0.2, 0.25) is 5.91 Å². The highest BCUT2D eigenvalue weighted by Gasteiger charge is 2.08. The number of anilines is 1. The van der Waals surface area contributed by atoms with Gasteiger partial charge in [0.05, 0.1) is 12.9 Å². The Morgan fingerprint density at radius 3 is 2.40 bits per heavy atom. The van der Waals surface area contributed by atoms with Gasteiger partial charge < -0.3 is 19.8 Å². The van der Waals surface area contributed by atoms with Crippen LogP contribution in [0.25, 0.3) is 0 Å². The third-order valence-corrected chi connectivity index (χ3v) is 4.52. The van der Waals surface area contributed by atoms with Gasteiger partial charge in [-0.2, -0.15) is 0 Å². The summed E-state index contributed by atoms with van der Waals surface area (Å²) in [6.45, 7) is 1.68. The zero-order valence-corrected chi connectivity index (χ0v) is 16.8. The number of benzene rings is 2. The van der Waals surface area contributed by atoms with E-state index < -0.39 is 0 Å². The third-order valence-electron chi connectivity index (χ3n) is 4.52. The van der Waals surface area contributed by atoms with Crippen LogP contribution in [0, 0.1) is 0 Å². The lowest BCUT2D eigenvalue weighted by Crippen LogP contribution is -2.22. The monoisotopic (exact) mass is 406 g/mol. The van der Waals surface area contributed by atoms with Crippen LogP contribution in [0.4, 0.5) is 5.69 Å². The number of carbonyl (C=O) groups excluding carboxylic acids is 2. The van der Waals surface area contributed by atoms with E-state index in [1.165, 1.54) is 11.8 Å². The largest absolute Gasteiger partial charge is 0.459 e. The minimum Gasteiger partial charge on any atom is -0.459 e. The van der Waals surface area contributed by atoms with Crippen molar-refractivity contribution in [2.24, 2.45) is 0 Å². The third kappa shape index (κ3) is 7.22. The molecule has 156 valence electrons. The molecule has 0 aliphatic heterocycles. The summed E-state index contributed by atoms with van der Waals surface area (Å²) in [5, 5.41) is 5.66. The summed E-state index contributed by atoms with van der Waals surface area (Å²) in [6.07, 6.45) is 3.46. The molecule has 1 aromatic heterocycles. The number of ether oxygens (including phenoxy) is 1. The first-order valence-corrected chi connectivity index (χ1v) is 10.0. The Morgan fingerprint density at radius 2 is 1.67 bits per heavy atom. The van der Waals surface area contributed by atoms with Gasteiger partial charge in [0.1, 0.15) is 0 Å². The molecule has 0 bridgehead atoms. The maximum atomic E-state index is 12.0. The van der Waals surface area contributed by atoms with Gasteiger partial charge in [-0.05, 0) is 48.2 Å².